The molecule has 0 bridgehead atoms. The second-order valence-corrected chi connectivity index (χ2v) is 5.07. The number of nitrogens with one attached hydrogen (secondary N) is 1. The van der Waals surface area contributed by atoms with E-state index in [1.54, 1.807) is 0 Å². The molecule has 0 saturated carbocycles. The van der Waals surface area contributed by atoms with E-state index < -0.39 is 0 Å². The highest BCUT2D eigenvalue weighted by molar-refractivity contribution is 5.78. The quantitative estimate of drug-likeness (QED) is 0.892. The van der Waals surface area contributed by atoms with E-state index in [1.807, 2.05) is 12.1 Å². The molecule has 1 amide bonds. The minimum Gasteiger partial charge on any atom is -0.356 e. The van der Waals surface area contributed by atoms with Crippen LogP contribution in [0.3, 0.4) is 0 Å². The summed E-state index contributed by atoms with van der Waals surface area (Å²) in [5.41, 5.74) is 2.57. The molecule has 0 radical (unpaired) electrons. The van der Waals surface area contributed by atoms with Gasteiger partial charge in [0, 0.05) is 18.9 Å². The lowest BCUT2D eigenvalue weighted by Gasteiger charge is -2.23. The van der Waals surface area contributed by atoms with E-state index in [1.165, 1.54) is 11.1 Å². The summed E-state index contributed by atoms with van der Waals surface area (Å²) in [4.78, 5) is 11.5. The smallest absolute Gasteiger partial charge is 0.220 e. The zero-order valence-electron chi connectivity index (χ0n) is 10.8. The van der Waals surface area contributed by atoms with E-state index >= 15 is 0 Å². The van der Waals surface area contributed by atoms with Crippen LogP contribution in [0.5, 0.6) is 0 Å². The first-order valence-electron chi connectivity index (χ1n) is 6.71. The first-order valence-corrected chi connectivity index (χ1v) is 6.71. The summed E-state index contributed by atoms with van der Waals surface area (Å²) in [5.74, 6) is 0.806. The molecule has 3 rings (SSSR count). The number of benzene rings is 2. The highest BCUT2D eigenvalue weighted by Crippen LogP contribution is 2.35. The van der Waals surface area contributed by atoms with Gasteiger partial charge in [0.2, 0.25) is 5.91 Å². The summed E-state index contributed by atoms with van der Waals surface area (Å²) >= 11 is 0. The van der Waals surface area contributed by atoms with Crippen LogP contribution in [0.4, 0.5) is 0 Å². The molecule has 0 aliphatic carbocycles. The second kappa shape index (κ2) is 5.27. The van der Waals surface area contributed by atoms with Crippen molar-refractivity contribution in [1.82, 2.24) is 5.32 Å². The van der Waals surface area contributed by atoms with E-state index in [-0.39, 0.29) is 5.91 Å². The van der Waals surface area contributed by atoms with Gasteiger partial charge in [-0.2, -0.15) is 0 Å². The third-order valence-corrected chi connectivity index (χ3v) is 3.80. The summed E-state index contributed by atoms with van der Waals surface area (Å²) in [5, 5.41) is 2.95. The average molecular weight is 251 g/mol. The van der Waals surface area contributed by atoms with Gasteiger partial charge < -0.3 is 5.32 Å². The first kappa shape index (κ1) is 12.0. The molecule has 1 N–H and O–H groups in total. The van der Waals surface area contributed by atoms with E-state index in [4.69, 9.17) is 0 Å². The van der Waals surface area contributed by atoms with Gasteiger partial charge in [0.15, 0.2) is 0 Å². The van der Waals surface area contributed by atoms with Gasteiger partial charge in [-0.15, -0.1) is 0 Å². The highest BCUT2D eigenvalue weighted by Gasteiger charge is 2.31. The number of hydrogen-bond donors (Lipinski definition) is 1. The molecule has 1 aliphatic rings. The van der Waals surface area contributed by atoms with Crippen LogP contribution >= 0.6 is 0 Å². The molecule has 1 fully saturated rings. The zero-order chi connectivity index (χ0) is 13.1. The summed E-state index contributed by atoms with van der Waals surface area (Å²) in [6, 6.07) is 20.9. The van der Waals surface area contributed by atoms with Crippen molar-refractivity contribution in [2.45, 2.75) is 12.3 Å². The highest BCUT2D eigenvalue weighted by atomic mass is 16.1. The summed E-state index contributed by atoms with van der Waals surface area (Å²) in [7, 11) is 0. The van der Waals surface area contributed by atoms with Crippen LogP contribution in [0, 0.1) is 5.92 Å². The lowest BCUT2D eigenvalue weighted by atomic mass is 9.80. The molecule has 2 aromatic rings. The predicted molar refractivity (Wildman–Crippen MR) is 75.8 cm³/mol. The molecule has 1 aliphatic heterocycles. The predicted octanol–water partition coefficient (Wildman–Crippen LogP) is 2.95. The summed E-state index contributed by atoms with van der Waals surface area (Å²) in [6.45, 7) is 0.771. The maximum atomic E-state index is 11.5. The van der Waals surface area contributed by atoms with Crippen molar-refractivity contribution in [3.8, 4) is 0 Å². The Labute approximate surface area is 113 Å². The van der Waals surface area contributed by atoms with Crippen molar-refractivity contribution >= 4 is 5.91 Å². The van der Waals surface area contributed by atoms with Crippen LogP contribution in [0.15, 0.2) is 60.7 Å². The molecule has 19 heavy (non-hydrogen) atoms. The maximum absolute atomic E-state index is 11.5. The van der Waals surface area contributed by atoms with E-state index in [2.05, 4.69) is 53.8 Å². The maximum Gasteiger partial charge on any atom is 0.220 e. The Bertz CT molecular complexity index is 510. The molecular weight excluding hydrogens is 234 g/mol. The van der Waals surface area contributed by atoms with Crippen molar-refractivity contribution in [1.29, 1.82) is 0 Å². The minimum absolute atomic E-state index is 0.168. The van der Waals surface area contributed by atoms with Crippen molar-refractivity contribution in [3.05, 3.63) is 71.8 Å². The van der Waals surface area contributed by atoms with Gasteiger partial charge in [-0.25, -0.2) is 0 Å². The third kappa shape index (κ3) is 2.53. The van der Waals surface area contributed by atoms with Gasteiger partial charge in [-0.3, -0.25) is 4.79 Å². The number of rotatable bonds is 3. The Kier molecular flexibility index (Phi) is 3.32. The lowest BCUT2D eigenvalue weighted by molar-refractivity contribution is -0.119. The molecule has 1 saturated heterocycles. The fourth-order valence-electron chi connectivity index (χ4n) is 2.92. The van der Waals surface area contributed by atoms with Crippen LogP contribution in [-0.4, -0.2) is 12.5 Å². The fraction of sp³-hybridized carbons (Fsp3) is 0.235. The van der Waals surface area contributed by atoms with Crippen LogP contribution in [0.25, 0.3) is 0 Å². The largest absolute Gasteiger partial charge is 0.356 e. The minimum atomic E-state index is 0.168. The molecule has 1 unspecified atom stereocenters. The van der Waals surface area contributed by atoms with Crippen molar-refractivity contribution < 1.29 is 4.79 Å². The number of carbonyl (C=O) groups excluding carboxylic acids is 1. The molecule has 96 valence electrons. The monoisotopic (exact) mass is 251 g/mol. The molecule has 2 aromatic carbocycles. The van der Waals surface area contributed by atoms with Gasteiger partial charge in [-0.1, -0.05) is 60.7 Å². The number of amides is 1. The summed E-state index contributed by atoms with van der Waals surface area (Å²) in [6.07, 6.45) is 0.619. The van der Waals surface area contributed by atoms with Gasteiger partial charge >= 0.3 is 0 Å². The first-order chi connectivity index (χ1) is 9.34. The number of hydrogen-bond acceptors (Lipinski definition) is 1. The van der Waals surface area contributed by atoms with E-state index in [0.29, 0.717) is 18.3 Å². The van der Waals surface area contributed by atoms with Crippen LogP contribution < -0.4 is 5.32 Å². The lowest BCUT2D eigenvalue weighted by Crippen LogP contribution is -2.18. The normalized spacial score (nSPS) is 18.6. The van der Waals surface area contributed by atoms with Gasteiger partial charge in [-0.05, 0) is 17.0 Å². The Morgan fingerprint density at radius 3 is 1.84 bits per heavy atom. The van der Waals surface area contributed by atoms with Gasteiger partial charge in [0.1, 0.15) is 0 Å². The molecule has 2 nitrogen and oxygen atoms in total. The zero-order valence-corrected chi connectivity index (χ0v) is 10.8. The van der Waals surface area contributed by atoms with Crippen LogP contribution in [0.1, 0.15) is 23.5 Å². The molecule has 1 heterocycles. The molecule has 1 atom stereocenters. The molecule has 0 spiro atoms. The molecular formula is C17H17NO. The SMILES string of the molecule is O=C1CC(C(c2ccccc2)c2ccccc2)CN1. The van der Waals surface area contributed by atoms with Crippen molar-refractivity contribution in [2.24, 2.45) is 5.92 Å². The van der Waals surface area contributed by atoms with E-state index in [0.717, 1.165) is 6.54 Å². The Hall–Kier alpha value is -2.09. The third-order valence-electron chi connectivity index (χ3n) is 3.80. The molecule has 2 heteroatoms. The Morgan fingerprint density at radius 1 is 0.895 bits per heavy atom. The molecule has 0 aromatic heterocycles. The van der Waals surface area contributed by atoms with E-state index in [9.17, 15) is 4.79 Å². The van der Waals surface area contributed by atoms with Crippen molar-refractivity contribution in [2.75, 3.05) is 6.54 Å². The number of carbonyl (C=O) groups is 1. The second-order valence-electron chi connectivity index (χ2n) is 5.07. The fourth-order valence-corrected chi connectivity index (χ4v) is 2.92. The standard InChI is InChI=1S/C17H17NO/c19-16-11-15(12-18-16)17(13-7-3-1-4-8-13)14-9-5-2-6-10-14/h1-10,15,17H,11-12H2,(H,18,19). The van der Waals surface area contributed by atoms with Crippen LogP contribution in [0.2, 0.25) is 0 Å². The average Bonchev–Trinajstić information content (AvgIpc) is 2.88. The Morgan fingerprint density at radius 2 is 1.42 bits per heavy atom. The van der Waals surface area contributed by atoms with Gasteiger partial charge in [0.05, 0.1) is 0 Å². The summed E-state index contributed by atoms with van der Waals surface area (Å²) < 4.78 is 0. The Balaban J connectivity index is 1.99. The topological polar surface area (TPSA) is 29.1 Å². The van der Waals surface area contributed by atoms with Gasteiger partial charge in [0.25, 0.3) is 0 Å². The van der Waals surface area contributed by atoms with Crippen LogP contribution in [-0.2, 0) is 4.79 Å². The van der Waals surface area contributed by atoms with Crippen molar-refractivity contribution in [3.63, 3.8) is 0 Å².